The minimum absolute atomic E-state index is 0.394. The average Bonchev–Trinajstić information content (AvgIpc) is 2.88. The summed E-state index contributed by atoms with van der Waals surface area (Å²) in [6.45, 7) is 10.3. The fraction of sp³-hybridized carbons (Fsp3) is 0.500. The predicted molar refractivity (Wildman–Crippen MR) is 86.4 cm³/mol. The Labute approximate surface area is 127 Å². The van der Waals surface area contributed by atoms with E-state index in [1.807, 2.05) is 29.9 Å². The quantitative estimate of drug-likeness (QED) is 0.904. The lowest BCUT2D eigenvalue weighted by Crippen LogP contribution is -2.25. The van der Waals surface area contributed by atoms with Crippen LogP contribution in [0.15, 0.2) is 30.5 Å². The molecule has 1 heterocycles. The Morgan fingerprint density at radius 3 is 2.57 bits per heavy atom. The fourth-order valence-corrected chi connectivity index (χ4v) is 2.44. The molecule has 1 aromatic carbocycles. The number of benzene rings is 1. The van der Waals surface area contributed by atoms with Crippen LogP contribution in [0.2, 0.25) is 0 Å². The molecule has 2 rings (SSSR count). The van der Waals surface area contributed by atoms with Crippen molar-refractivity contribution < 1.29 is 5.11 Å². The van der Waals surface area contributed by atoms with Crippen LogP contribution in [-0.4, -0.2) is 14.9 Å². The van der Waals surface area contributed by atoms with Crippen molar-refractivity contribution in [1.29, 1.82) is 0 Å². The lowest BCUT2D eigenvalue weighted by molar-refractivity contribution is 0.0563. The molecule has 0 bridgehead atoms. The van der Waals surface area contributed by atoms with Gasteiger partial charge in [0.15, 0.2) is 0 Å². The zero-order valence-corrected chi connectivity index (χ0v) is 13.7. The van der Waals surface area contributed by atoms with Gasteiger partial charge in [-0.3, -0.25) is 4.68 Å². The third-order valence-corrected chi connectivity index (χ3v) is 4.36. The van der Waals surface area contributed by atoms with Crippen LogP contribution in [-0.2, 0) is 12.0 Å². The normalized spacial score (nSPS) is 15.7. The van der Waals surface area contributed by atoms with Crippen LogP contribution in [0, 0.1) is 13.8 Å². The first-order valence-corrected chi connectivity index (χ1v) is 7.67. The first kappa shape index (κ1) is 15.8. The molecule has 0 amide bonds. The lowest BCUT2D eigenvalue weighted by Gasteiger charge is -2.24. The van der Waals surface area contributed by atoms with E-state index in [9.17, 15) is 5.11 Å². The van der Waals surface area contributed by atoms with Gasteiger partial charge >= 0.3 is 0 Å². The molecular formula is C18H26N2O. The molecule has 0 aliphatic heterocycles. The molecule has 2 atom stereocenters. The van der Waals surface area contributed by atoms with E-state index in [0.29, 0.717) is 12.5 Å². The number of aryl methyl sites for hydroxylation is 2. The van der Waals surface area contributed by atoms with Crippen LogP contribution in [0.25, 0.3) is 0 Å². The van der Waals surface area contributed by atoms with E-state index >= 15 is 0 Å². The van der Waals surface area contributed by atoms with E-state index in [4.69, 9.17) is 0 Å². The van der Waals surface area contributed by atoms with Crippen LogP contribution in [0.4, 0.5) is 0 Å². The van der Waals surface area contributed by atoms with Gasteiger partial charge < -0.3 is 5.11 Å². The van der Waals surface area contributed by atoms with Crippen LogP contribution in [0.3, 0.4) is 0 Å². The largest absolute Gasteiger partial charge is 0.385 e. The van der Waals surface area contributed by atoms with E-state index in [2.05, 4.69) is 44.9 Å². The summed E-state index contributed by atoms with van der Waals surface area (Å²) in [5, 5.41) is 15.4. The highest BCUT2D eigenvalue weighted by atomic mass is 16.3. The van der Waals surface area contributed by atoms with E-state index < -0.39 is 5.60 Å². The Morgan fingerprint density at radius 2 is 1.95 bits per heavy atom. The second-order valence-corrected chi connectivity index (χ2v) is 6.29. The van der Waals surface area contributed by atoms with Gasteiger partial charge in [0.1, 0.15) is 0 Å². The number of hydrogen-bond donors (Lipinski definition) is 1. The monoisotopic (exact) mass is 286 g/mol. The molecule has 2 unspecified atom stereocenters. The highest BCUT2D eigenvalue weighted by Crippen LogP contribution is 2.26. The molecule has 0 aliphatic carbocycles. The molecule has 0 radical (unpaired) electrons. The predicted octanol–water partition coefficient (Wildman–Crippen LogP) is 3.92. The van der Waals surface area contributed by atoms with Crippen molar-refractivity contribution in [3.05, 3.63) is 52.8 Å². The lowest BCUT2D eigenvalue weighted by atomic mass is 9.89. The van der Waals surface area contributed by atoms with Crippen molar-refractivity contribution >= 4 is 0 Å². The minimum atomic E-state index is -0.896. The minimum Gasteiger partial charge on any atom is -0.385 e. The van der Waals surface area contributed by atoms with Crippen LogP contribution in [0.5, 0.6) is 0 Å². The molecule has 1 aromatic heterocycles. The summed E-state index contributed by atoms with van der Waals surface area (Å²) in [6.07, 6.45) is 3.58. The van der Waals surface area contributed by atoms with Crippen LogP contribution < -0.4 is 0 Å². The van der Waals surface area contributed by atoms with Crippen molar-refractivity contribution in [2.45, 2.75) is 59.1 Å². The van der Waals surface area contributed by atoms with Gasteiger partial charge in [-0.15, -0.1) is 0 Å². The average molecular weight is 286 g/mol. The highest BCUT2D eigenvalue weighted by molar-refractivity contribution is 5.33. The Morgan fingerprint density at radius 1 is 1.24 bits per heavy atom. The summed E-state index contributed by atoms with van der Waals surface area (Å²) >= 11 is 0. The summed E-state index contributed by atoms with van der Waals surface area (Å²) in [5.74, 6) is 0. The van der Waals surface area contributed by atoms with Crippen LogP contribution >= 0.6 is 0 Å². The van der Waals surface area contributed by atoms with Crippen molar-refractivity contribution in [2.24, 2.45) is 0 Å². The van der Waals surface area contributed by atoms with E-state index in [-0.39, 0.29) is 0 Å². The number of hydrogen-bond acceptors (Lipinski definition) is 2. The molecule has 2 aromatic rings. The topological polar surface area (TPSA) is 38.0 Å². The number of aliphatic hydroxyl groups is 1. The van der Waals surface area contributed by atoms with Gasteiger partial charge in [-0.1, -0.05) is 25.1 Å². The van der Waals surface area contributed by atoms with Crippen molar-refractivity contribution in [1.82, 2.24) is 9.78 Å². The van der Waals surface area contributed by atoms with Gasteiger partial charge in [-0.2, -0.15) is 5.10 Å². The summed E-state index contributed by atoms with van der Waals surface area (Å²) < 4.78 is 1.98. The van der Waals surface area contributed by atoms with Gasteiger partial charge in [-0.25, -0.2) is 0 Å². The van der Waals surface area contributed by atoms with Gasteiger partial charge in [0.05, 0.1) is 11.3 Å². The first-order valence-electron chi connectivity index (χ1n) is 7.67. The highest BCUT2D eigenvalue weighted by Gasteiger charge is 2.25. The molecule has 0 spiro atoms. The van der Waals surface area contributed by atoms with Gasteiger partial charge in [0.25, 0.3) is 0 Å². The molecule has 0 fully saturated rings. The molecule has 21 heavy (non-hydrogen) atoms. The second kappa shape index (κ2) is 6.02. The Kier molecular flexibility index (Phi) is 4.52. The molecule has 3 heteroatoms. The summed E-state index contributed by atoms with van der Waals surface area (Å²) in [7, 11) is 0. The Bertz CT molecular complexity index is 613. The maximum Gasteiger partial charge on any atom is 0.0924 e. The standard InChI is InChI=1S/C18H26N2O/c1-6-15(4)20-10-9-17(19-20)12-18(5,21)16-8-7-13(2)14(3)11-16/h7-11,15,21H,6,12H2,1-5H3. The number of nitrogens with zero attached hydrogens (tertiary/aromatic N) is 2. The summed E-state index contributed by atoms with van der Waals surface area (Å²) in [5.41, 5.74) is 3.43. The molecule has 0 saturated carbocycles. The Hall–Kier alpha value is -1.61. The molecule has 114 valence electrons. The second-order valence-electron chi connectivity index (χ2n) is 6.29. The first-order chi connectivity index (χ1) is 9.83. The maximum atomic E-state index is 10.8. The third-order valence-electron chi connectivity index (χ3n) is 4.36. The zero-order valence-electron chi connectivity index (χ0n) is 13.7. The molecular weight excluding hydrogens is 260 g/mol. The van der Waals surface area contributed by atoms with E-state index in [1.165, 1.54) is 11.1 Å². The molecule has 0 aliphatic rings. The number of aromatic nitrogens is 2. The van der Waals surface area contributed by atoms with Crippen molar-refractivity contribution in [3.8, 4) is 0 Å². The van der Waals surface area contributed by atoms with Gasteiger partial charge in [0, 0.05) is 18.7 Å². The van der Waals surface area contributed by atoms with E-state index in [1.54, 1.807) is 0 Å². The third kappa shape index (κ3) is 3.53. The summed E-state index contributed by atoms with van der Waals surface area (Å²) in [6, 6.07) is 8.54. The smallest absolute Gasteiger partial charge is 0.0924 e. The van der Waals surface area contributed by atoms with E-state index in [0.717, 1.165) is 17.7 Å². The SMILES string of the molecule is CCC(C)n1ccc(CC(C)(O)c2ccc(C)c(C)c2)n1. The van der Waals surface area contributed by atoms with Gasteiger partial charge in [-0.05, 0) is 56.9 Å². The molecule has 1 N–H and O–H groups in total. The summed E-state index contributed by atoms with van der Waals surface area (Å²) in [4.78, 5) is 0. The van der Waals surface area contributed by atoms with Crippen molar-refractivity contribution in [3.63, 3.8) is 0 Å². The fourth-order valence-electron chi connectivity index (χ4n) is 2.44. The maximum absolute atomic E-state index is 10.8. The van der Waals surface area contributed by atoms with Crippen molar-refractivity contribution in [2.75, 3.05) is 0 Å². The van der Waals surface area contributed by atoms with Gasteiger partial charge in [0.2, 0.25) is 0 Å². The Balaban J connectivity index is 2.20. The zero-order chi connectivity index (χ0) is 15.6. The number of rotatable bonds is 5. The molecule has 0 saturated heterocycles. The molecule has 3 nitrogen and oxygen atoms in total. The van der Waals surface area contributed by atoms with Crippen LogP contribution in [0.1, 0.15) is 55.6 Å².